The van der Waals surface area contributed by atoms with E-state index >= 15 is 0 Å². The lowest BCUT2D eigenvalue weighted by Crippen LogP contribution is -1.84. The summed E-state index contributed by atoms with van der Waals surface area (Å²) < 4.78 is 0. The van der Waals surface area contributed by atoms with Gasteiger partial charge in [0.2, 0.25) is 0 Å². The number of rotatable bonds is 1. The molecule has 0 bridgehead atoms. The van der Waals surface area contributed by atoms with Crippen molar-refractivity contribution in [1.82, 2.24) is 9.97 Å². The molecule has 0 aliphatic rings. The Morgan fingerprint density at radius 1 is 1.56 bits per heavy atom. The van der Waals surface area contributed by atoms with Crippen LogP contribution in [-0.2, 0) is 6.42 Å². The summed E-state index contributed by atoms with van der Waals surface area (Å²) in [6.07, 6.45) is 4.31. The van der Waals surface area contributed by atoms with Gasteiger partial charge in [0.05, 0.1) is 0 Å². The largest absolute Gasteiger partial charge is 0.245 e. The second-order valence-electron chi connectivity index (χ2n) is 1.55. The van der Waals surface area contributed by atoms with Crippen molar-refractivity contribution in [2.75, 3.05) is 0 Å². The first-order valence-electron chi connectivity index (χ1n) is 2.68. The molecule has 0 radical (unpaired) electrons. The van der Waals surface area contributed by atoms with Gasteiger partial charge in [0.1, 0.15) is 6.33 Å². The van der Waals surface area contributed by atoms with Gasteiger partial charge in [0, 0.05) is 11.9 Å². The van der Waals surface area contributed by atoms with Crippen LogP contribution < -0.4 is 0 Å². The molecule has 0 aromatic carbocycles. The number of hydrogen-bond acceptors (Lipinski definition) is 2. The van der Waals surface area contributed by atoms with E-state index in [2.05, 4.69) is 16.9 Å². The van der Waals surface area contributed by atoms with Crippen LogP contribution >= 0.6 is 12.4 Å². The third kappa shape index (κ3) is 2.42. The maximum Gasteiger partial charge on any atom is 0.115 e. The molecule has 0 N–H and O–H groups in total. The molecule has 0 saturated carbocycles. The normalized spacial score (nSPS) is 8.11. The van der Waals surface area contributed by atoms with E-state index in [1.807, 2.05) is 6.07 Å². The summed E-state index contributed by atoms with van der Waals surface area (Å²) in [5.41, 5.74) is 1.10. The molecule has 0 amide bonds. The quantitative estimate of drug-likeness (QED) is 0.597. The highest BCUT2D eigenvalue weighted by molar-refractivity contribution is 5.85. The van der Waals surface area contributed by atoms with Crippen LogP contribution in [0.3, 0.4) is 0 Å². The first-order chi connectivity index (χ1) is 3.93. The summed E-state index contributed by atoms with van der Waals surface area (Å²) in [4.78, 5) is 7.77. The van der Waals surface area contributed by atoms with Crippen LogP contribution in [0, 0.1) is 0 Å². The maximum absolute atomic E-state index is 3.99. The number of nitrogens with zero attached hydrogens (tertiary/aromatic N) is 2. The molecule has 0 saturated heterocycles. The molecule has 0 spiro atoms. The molecule has 3 heteroatoms. The van der Waals surface area contributed by atoms with Crippen molar-refractivity contribution in [3.05, 3.63) is 24.3 Å². The Hall–Kier alpha value is -0.630. The molecule has 1 aromatic heterocycles. The van der Waals surface area contributed by atoms with Gasteiger partial charge in [-0.15, -0.1) is 12.4 Å². The predicted molar refractivity (Wildman–Crippen MR) is 38.7 cm³/mol. The Morgan fingerprint density at radius 2 is 2.33 bits per heavy atom. The smallest absolute Gasteiger partial charge is 0.115 e. The van der Waals surface area contributed by atoms with Crippen molar-refractivity contribution in [3.63, 3.8) is 0 Å². The van der Waals surface area contributed by atoms with E-state index in [-0.39, 0.29) is 12.4 Å². The highest BCUT2D eigenvalue weighted by Gasteiger charge is 1.82. The minimum Gasteiger partial charge on any atom is -0.245 e. The minimum absolute atomic E-state index is 0. The highest BCUT2D eigenvalue weighted by atomic mass is 35.5. The SMILES string of the molecule is CCc1ccncn1.Cl. The Balaban J connectivity index is 0.000000640. The lowest BCUT2D eigenvalue weighted by molar-refractivity contribution is 0.998. The Labute approximate surface area is 60.8 Å². The first-order valence-corrected chi connectivity index (χ1v) is 2.68. The van der Waals surface area contributed by atoms with Crippen molar-refractivity contribution in [1.29, 1.82) is 0 Å². The van der Waals surface area contributed by atoms with E-state index in [9.17, 15) is 0 Å². The van der Waals surface area contributed by atoms with Gasteiger partial charge in [0.25, 0.3) is 0 Å². The van der Waals surface area contributed by atoms with E-state index in [4.69, 9.17) is 0 Å². The molecule has 0 aliphatic heterocycles. The van der Waals surface area contributed by atoms with Crippen LogP contribution in [0.2, 0.25) is 0 Å². The molecule has 0 fully saturated rings. The minimum atomic E-state index is 0. The summed E-state index contributed by atoms with van der Waals surface area (Å²) in [6.45, 7) is 2.07. The number of aromatic nitrogens is 2. The highest BCUT2D eigenvalue weighted by Crippen LogP contribution is 1.88. The van der Waals surface area contributed by atoms with Crippen molar-refractivity contribution in [2.45, 2.75) is 13.3 Å². The van der Waals surface area contributed by atoms with Gasteiger partial charge in [-0.1, -0.05) is 6.92 Å². The summed E-state index contributed by atoms with van der Waals surface area (Å²) in [7, 11) is 0. The van der Waals surface area contributed by atoms with Gasteiger partial charge in [-0.3, -0.25) is 0 Å². The van der Waals surface area contributed by atoms with Crippen molar-refractivity contribution >= 4 is 12.4 Å². The van der Waals surface area contributed by atoms with Crippen molar-refractivity contribution in [3.8, 4) is 0 Å². The summed E-state index contributed by atoms with van der Waals surface area (Å²) in [6, 6.07) is 1.92. The van der Waals surface area contributed by atoms with Crippen molar-refractivity contribution < 1.29 is 0 Å². The van der Waals surface area contributed by atoms with Gasteiger partial charge < -0.3 is 0 Å². The van der Waals surface area contributed by atoms with Crippen LogP contribution in [0.5, 0.6) is 0 Å². The zero-order valence-electron chi connectivity index (χ0n) is 5.24. The Morgan fingerprint density at radius 3 is 2.67 bits per heavy atom. The van der Waals surface area contributed by atoms with Crippen LogP contribution in [0.25, 0.3) is 0 Å². The Kier molecular flexibility index (Phi) is 3.97. The molecule has 0 aliphatic carbocycles. The molecule has 0 unspecified atom stereocenters. The second-order valence-corrected chi connectivity index (χ2v) is 1.55. The first kappa shape index (κ1) is 8.37. The van der Waals surface area contributed by atoms with E-state index in [1.165, 1.54) is 0 Å². The average molecular weight is 145 g/mol. The molecule has 1 rings (SSSR count). The van der Waals surface area contributed by atoms with E-state index < -0.39 is 0 Å². The lowest BCUT2D eigenvalue weighted by Gasteiger charge is -1.88. The van der Waals surface area contributed by atoms with Crippen LogP contribution in [0.15, 0.2) is 18.6 Å². The van der Waals surface area contributed by atoms with Gasteiger partial charge in [0.15, 0.2) is 0 Å². The standard InChI is InChI=1S/C6H8N2.ClH/c1-2-6-3-4-7-5-8-6;/h3-5H,2H2,1H3;1H. The zero-order chi connectivity index (χ0) is 5.82. The molecular weight excluding hydrogens is 136 g/mol. The monoisotopic (exact) mass is 144 g/mol. The number of aryl methyl sites for hydroxylation is 1. The molecular formula is C6H9ClN2. The maximum atomic E-state index is 3.99. The molecule has 2 nitrogen and oxygen atoms in total. The fourth-order valence-electron chi connectivity index (χ4n) is 0.527. The predicted octanol–water partition coefficient (Wildman–Crippen LogP) is 1.46. The van der Waals surface area contributed by atoms with Crippen LogP contribution in [0.4, 0.5) is 0 Å². The van der Waals surface area contributed by atoms with E-state index in [0.717, 1.165) is 12.1 Å². The number of hydrogen-bond donors (Lipinski definition) is 0. The summed E-state index contributed by atoms with van der Waals surface area (Å²) in [5.74, 6) is 0. The fourth-order valence-corrected chi connectivity index (χ4v) is 0.527. The zero-order valence-corrected chi connectivity index (χ0v) is 6.06. The van der Waals surface area contributed by atoms with E-state index in [0.29, 0.717) is 0 Å². The second kappa shape index (κ2) is 4.27. The molecule has 9 heavy (non-hydrogen) atoms. The third-order valence-corrected chi connectivity index (χ3v) is 1.01. The Bertz CT molecular complexity index is 152. The number of halogens is 1. The summed E-state index contributed by atoms with van der Waals surface area (Å²) in [5, 5.41) is 0. The third-order valence-electron chi connectivity index (χ3n) is 1.01. The fraction of sp³-hybridized carbons (Fsp3) is 0.333. The molecule has 50 valence electrons. The van der Waals surface area contributed by atoms with Gasteiger partial charge in [-0.25, -0.2) is 9.97 Å². The lowest BCUT2D eigenvalue weighted by atomic mass is 10.3. The van der Waals surface area contributed by atoms with Crippen LogP contribution in [0.1, 0.15) is 12.6 Å². The topological polar surface area (TPSA) is 25.8 Å². The average Bonchev–Trinajstić information content (AvgIpc) is 1.90. The molecule has 1 aromatic rings. The summed E-state index contributed by atoms with van der Waals surface area (Å²) >= 11 is 0. The van der Waals surface area contributed by atoms with E-state index in [1.54, 1.807) is 12.5 Å². The van der Waals surface area contributed by atoms with Gasteiger partial charge in [-0.2, -0.15) is 0 Å². The molecule has 1 heterocycles. The van der Waals surface area contributed by atoms with Gasteiger partial charge >= 0.3 is 0 Å². The molecule has 0 atom stereocenters. The van der Waals surface area contributed by atoms with Crippen molar-refractivity contribution in [2.24, 2.45) is 0 Å². The van der Waals surface area contributed by atoms with Crippen LogP contribution in [-0.4, -0.2) is 9.97 Å². The van der Waals surface area contributed by atoms with Gasteiger partial charge in [-0.05, 0) is 12.5 Å².